The SMILES string of the molecule is CCNC(=O)NC(=O)COC(=O)c1ccc(OCCC(C)C)c(OC)c1. The van der Waals surface area contributed by atoms with E-state index in [2.05, 4.69) is 19.2 Å². The first-order valence-electron chi connectivity index (χ1n) is 8.43. The van der Waals surface area contributed by atoms with Gasteiger partial charge in [0.1, 0.15) is 0 Å². The van der Waals surface area contributed by atoms with Crippen LogP contribution < -0.4 is 20.1 Å². The molecule has 0 aliphatic rings. The number of amides is 3. The molecule has 0 saturated carbocycles. The van der Waals surface area contributed by atoms with Crippen molar-refractivity contribution in [2.45, 2.75) is 27.2 Å². The Labute approximate surface area is 153 Å². The number of rotatable bonds is 9. The highest BCUT2D eigenvalue weighted by atomic mass is 16.5. The molecular weight excluding hydrogens is 340 g/mol. The van der Waals surface area contributed by atoms with Gasteiger partial charge in [-0.1, -0.05) is 13.8 Å². The zero-order valence-corrected chi connectivity index (χ0v) is 15.6. The number of ether oxygens (including phenoxy) is 3. The number of esters is 1. The standard InChI is InChI=1S/C18H26N2O6/c1-5-19-18(23)20-16(21)11-26-17(22)13-6-7-14(15(10-13)24-4)25-9-8-12(2)3/h6-7,10,12H,5,8-9,11H2,1-4H3,(H2,19,20,21,23). The van der Waals surface area contributed by atoms with Crippen LogP contribution in [-0.4, -0.2) is 44.8 Å². The Morgan fingerprint density at radius 3 is 2.50 bits per heavy atom. The number of benzene rings is 1. The number of hydrogen-bond donors (Lipinski definition) is 2. The number of carbonyl (C=O) groups is 3. The molecule has 0 radical (unpaired) electrons. The minimum atomic E-state index is -0.718. The fourth-order valence-corrected chi connectivity index (χ4v) is 1.90. The third-order valence-corrected chi connectivity index (χ3v) is 3.28. The van der Waals surface area contributed by atoms with Crippen molar-refractivity contribution in [1.29, 1.82) is 0 Å². The first kappa shape index (κ1) is 21.3. The second kappa shape index (κ2) is 11.0. The molecule has 0 fully saturated rings. The Balaban J connectivity index is 2.60. The predicted octanol–water partition coefficient (Wildman–Crippen LogP) is 2.12. The molecule has 0 atom stereocenters. The van der Waals surface area contributed by atoms with E-state index >= 15 is 0 Å². The highest BCUT2D eigenvalue weighted by Crippen LogP contribution is 2.28. The zero-order valence-electron chi connectivity index (χ0n) is 15.6. The summed E-state index contributed by atoms with van der Waals surface area (Å²) < 4.78 is 15.8. The summed E-state index contributed by atoms with van der Waals surface area (Å²) in [5, 5.41) is 4.44. The van der Waals surface area contributed by atoms with E-state index in [9.17, 15) is 14.4 Å². The van der Waals surface area contributed by atoms with Crippen molar-refractivity contribution in [2.24, 2.45) is 5.92 Å². The van der Waals surface area contributed by atoms with Crippen molar-refractivity contribution < 1.29 is 28.6 Å². The lowest BCUT2D eigenvalue weighted by Crippen LogP contribution is -2.41. The second-order valence-electron chi connectivity index (χ2n) is 5.88. The lowest BCUT2D eigenvalue weighted by Gasteiger charge is -2.13. The molecular formula is C18H26N2O6. The summed E-state index contributed by atoms with van der Waals surface area (Å²) in [6.45, 7) is 6.27. The maximum Gasteiger partial charge on any atom is 0.338 e. The van der Waals surface area contributed by atoms with Crippen LogP contribution in [0.4, 0.5) is 4.79 Å². The van der Waals surface area contributed by atoms with Gasteiger partial charge in [-0.3, -0.25) is 10.1 Å². The van der Waals surface area contributed by atoms with Gasteiger partial charge >= 0.3 is 12.0 Å². The second-order valence-corrected chi connectivity index (χ2v) is 5.88. The van der Waals surface area contributed by atoms with Gasteiger partial charge in [0.25, 0.3) is 5.91 Å². The minimum Gasteiger partial charge on any atom is -0.493 e. The molecule has 0 aliphatic heterocycles. The van der Waals surface area contributed by atoms with Gasteiger partial charge in [0, 0.05) is 6.54 Å². The molecule has 0 heterocycles. The molecule has 0 bridgehead atoms. The van der Waals surface area contributed by atoms with Gasteiger partial charge in [0.15, 0.2) is 18.1 Å². The van der Waals surface area contributed by atoms with Crippen molar-refractivity contribution in [3.8, 4) is 11.5 Å². The van der Waals surface area contributed by atoms with Crippen LogP contribution in [-0.2, 0) is 9.53 Å². The monoisotopic (exact) mass is 366 g/mol. The molecule has 0 unspecified atom stereocenters. The summed E-state index contributed by atoms with van der Waals surface area (Å²) in [5.74, 6) is 0.0162. The highest BCUT2D eigenvalue weighted by Gasteiger charge is 2.15. The molecule has 144 valence electrons. The molecule has 0 saturated heterocycles. The van der Waals surface area contributed by atoms with Crippen LogP contribution in [0.5, 0.6) is 11.5 Å². The third kappa shape index (κ3) is 7.42. The van der Waals surface area contributed by atoms with Gasteiger partial charge in [-0.2, -0.15) is 0 Å². The molecule has 1 rings (SSSR count). The fraction of sp³-hybridized carbons (Fsp3) is 0.500. The first-order valence-corrected chi connectivity index (χ1v) is 8.43. The average molecular weight is 366 g/mol. The van der Waals surface area contributed by atoms with Crippen LogP contribution >= 0.6 is 0 Å². The van der Waals surface area contributed by atoms with Crippen LogP contribution in [0, 0.1) is 5.92 Å². The molecule has 8 heteroatoms. The summed E-state index contributed by atoms with van der Waals surface area (Å²) in [4.78, 5) is 34.8. The number of urea groups is 1. The summed E-state index contributed by atoms with van der Waals surface area (Å²) in [6.07, 6.45) is 0.896. The van der Waals surface area contributed by atoms with Crippen LogP contribution in [0.3, 0.4) is 0 Å². The van der Waals surface area contributed by atoms with Crippen molar-refractivity contribution in [2.75, 3.05) is 26.9 Å². The summed E-state index contributed by atoms with van der Waals surface area (Å²) in [6, 6.07) is 3.98. The average Bonchev–Trinajstić information content (AvgIpc) is 2.59. The zero-order chi connectivity index (χ0) is 19.5. The molecule has 8 nitrogen and oxygen atoms in total. The normalized spacial score (nSPS) is 10.2. The van der Waals surface area contributed by atoms with Gasteiger partial charge in [0.05, 0.1) is 19.3 Å². The van der Waals surface area contributed by atoms with Crippen molar-refractivity contribution in [3.63, 3.8) is 0 Å². The number of methoxy groups -OCH3 is 1. The molecule has 0 aliphatic carbocycles. The van der Waals surface area contributed by atoms with Crippen molar-refractivity contribution in [1.82, 2.24) is 10.6 Å². The quantitative estimate of drug-likeness (QED) is 0.649. The molecule has 2 N–H and O–H groups in total. The molecule has 26 heavy (non-hydrogen) atoms. The van der Waals surface area contributed by atoms with Gasteiger partial charge < -0.3 is 19.5 Å². The predicted molar refractivity (Wildman–Crippen MR) is 95.4 cm³/mol. The van der Waals surface area contributed by atoms with E-state index in [4.69, 9.17) is 14.2 Å². The smallest absolute Gasteiger partial charge is 0.338 e. The van der Waals surface area contributed by atoms with E-state index < -0.39 is 24.5 Å². The Hall–Kier alpha value is -2.77. The number of imide groups is 1. The van der Waals surface area contributed by atoms with E-state index in [0.29, 0.717) is 30.6 Å². The van der Waals surface area contributed by atoms with E-state index in [1.165, 1.54) is 19.2 Å². The largest absolute Gasteiger partial charge is 0.493 e. The molecule has 0 aromatic heterocycles. The van der Waals surface area contributed by atoms with E-state index in [0.717, 1.165) is 6.42 Å². The van der Waals surface area contributed by atoms with Crippen molar-refractivity contribution in [3.05, 3.63) is 23.8 Å². The first-order chi connectivity index (χ1) is 12.4. The lowest BCUT2D eigenvalue weighted by atomic mass is 10.1. The van der Waals surface area contributed by atoms with Crippen molar-refractivity contribution >= 4 is 17.9 Å². The topological polar surface area (TPSA) is 103 Å². The minimum absolute atomic E-state index is 0.212. The van der Waals surface area contributed by atoms with Gasteiger partial charge in [0.2, 0.25) is 0 Å². The Bertz CT molecular complexity index is 630. The third-order valence-electron chi connectivity index (χ3n) is 3.28. The number of hydrogen-bond acceptors (Lipinski definition) is 6. The molecule has 1 aromatic carbocycles. The Morgan fingerprint density at radius 2 is 1.88 bits per heavy atom. The molecule has 0 spiro atoms. The van der Waals surface area contributed by atoms with Crippen LogP contribution in [0.2, 0.25) is 0 Å². The van der Waals surface area contributed by atoms with Gasteiger partial charge in [-0.15, -0.1) is 0 Å². The summed E-state index contributed by atoms with van der Waals surface area (Å²) >= 11 is 0. The summed E-state index contributed by atoms with van der Waals surface area (Å²) in [5.41, 5.74) is 0.212. The Kier molecular flexibility index (Phi) is 8.97. The van der Waals surface area contributed by atoms with Crippen LogP contribution in [0.1, 0.15) is 37.6 Å². The van der Waals surface area contributed by atoms with E-state index in [1.54, 1.807) is 13.0 Å². The maximum absolute atomic E-state index is 12.0. The van der Waals surface area contributed by atoms with E-state index in [1.807, 2.05) is 5.32 Å². The van der Waals surface area contributed by atoms with Crippen LogP contribution in [0.15, 0.2) is 18.2 Å². The maximum atomic E-state index is 12.0. The Morgan fingerprint density at radius 1 is 1.15 bits per heavy atom. The fourth-order valence-electron chi connectivity index (χ4n) is 1.90. The summed E-state index contributed by atoms with van der Waals surface area (Å²) in [7, 11) is 1.47. The lowest BCUT2D eigenvalue weighted by molar-refractivity contribution is -0.123. The van der Waals surface area contributed by atoms with E-state index in [-0.39, 0.29) is 5.56 Å². The highest BCUT2D eigenvalue weighted by molar-refractivity contribution is 5.97. The van der Waals surface area contributed by atoms with Crippen LogP contribution in [0.25, 0.3) is 0 Å². The van der Waals surface area contributed by atoms with Gasteiger partial charge in [-0.25, -0.2) is 9.59 Å². The molecule has 3 amide bonds. The number of carbonyl (C=O) groups excluding carboxylic acids is 3. The van der Waals surface area contributed by atoms with Gasteiger partial charge in [-0.05, 0) is 37.5 Å². The molecule has 1 aromatic rings. The number of nitrogens with one attached hydrogen (secondary N) is 2.